The Balaban J connectivity index is 2.05. The van der Waals surface area contributed by atoms with Crippen molar-refractivity contribution in [3.05, 3.63) is 12.2 Å². The van der Waals surface area contributed by atoms with Crippen LogP contribution in [0.25, 0.3) is 0 Å². The highest BCUT2D eigenvalue weighted by atomic mass is 16.7. The summed E-state index contributed by atoms with van der Waals surface area (Å²) in [6.07, 6.45) is 8.30. The zero-order valence-corrected chi connectivity index (χ0v) is 13.0. The van der Waals surface area contributed by atoms with Crippen molar-refractivity contribution in [1.82, 2.24) is 0 Å². The molecule has 0 unspecified atom stereocenters. The first-order chi connectivity index (χ1) is 9.45. The van der Waals surface area contributed by atoms with Gasteiger partial charge in [-0.2, -0.15) is 0 Å². The van der Waals surface area contributed by atoms with Crippen molar-refractivity contribution >= 4 is 5.78 Å². The van der Waals surface area contributed by atoms with E-state index in [4.69, 9.17) is 9.47 Å². The average Bonchev–Trinajstić information content (AvgIpc) is 2.72. The molecule has 2 aliphatic carbocycles. The highest BCUT2D eigenvalue weighted by Crippen LogP contribution is 2.61. The predicted octanol–water partition coefficient (Wildman–Crippen LogP) is 3.19. The fraction of sp³-hybridized carbons (Fsp3) is 0.824. The van der Waals surface area contributed by atoms with Gasteiger partial charge in [0.2, 0.25) is 5.79 Å². The first-order valence-corrected chi connectivity index (χ1v) is 7.84. The molecule has 6 atom stereocenters. The second kappa shape index (κ2) is 4.67. The lowest BCUT2D eigenvalue weighted by molar-refractivity contribution is -0.246. The summed E-state index contributed by atoms with van der Waals surface area (Å²) < 4.78 is 11.7. The summed E-state index contributed by atoms with van der Waals surface area (Å²) in [5.41, 5.74) is -0.229. The SMILES string of the molecule is CO[C@]1(C(C)=O)OC[C@H]2C=C[C@H]3C[C@@H](C)CC[C@@H]3[C@]21C. The van der Waals surface area contributed by atoms with Crippen LogP contribution in [0.15, 0.2) is 12.2 Å². The number of ether oxygens (including phenoxy) is 2. The van der Waals surface area contributed by atoms with Gasteiger partial charge in [-0.1, -0.05) is 32.4 Å². The van der Waals surface area contributed by atoms with Crippen LogP contribution in [-0.4, -0.2) is 25.3 Å². The van der Waals surface area contributed by atoms with Crippen LogP contribution in [0.2, 0.25) is 0 Å². The Hall–Kier alpha value is -0.670. The molecule has 3 rings (SSSR count). The van der Waals surface area contributed by atoms with Gasteiger partial charge in [0, 0.05) is 25.4 Å². The maximum Gasteiger partial charge on any atom is 0.234 e. The van der Waals surface area contributed by atoms with Gasteiger partial charge in [-0.25, -0.2) is 0 Å². The third kappa shape index (κ3) is 1.62. The molecule has 0 spiro atoms. The summed E-state index contributed by atoms with van der Waals surface area (Å²) in [7, 11) is 1.62. The fourth-order valence-electron chi connectivity index (χ4n) is 5.12. The molecule has 1 saturated heterocycles. The van der Waals surface area contributed by atoms with E-state index in [9.17, 15) is 4.79 Å². The quantitative estimate of drug-likeness (QED) is 0.728. The minimum absolute atomic E-state index is 0.0117. The smallest absolute Gasteiger partial charge is 0.234 e. The summed E-state index contributed by atoms with van der Waals surface area (Å²) in [5, 5.41) is 0. The maximum atomic E-state index is 12.3. The van der Waals surface area contributed by atoms with Crippen LogP contribution in [0.5, 0.6) is 0 Å². The third-order valence-corrected chi connectivity index (χ3v) is 6.22. The normalized spacial score (nSPS) is 50.6. The number of carbonyl (C=O) groups excluding carboxylic acids is 1. The Morgan fingerprint density at radius 1 is 1.35 bits per heavy atom. The molecule has 1 heterocycles. The molecule has 0 aromatic rings. The number of fused-ring (bicyclic) bond motifs is 3. The lowest BCUT2D eigenvalue weighted by Gasteiger charge is -2.53. The topological polar surface area (TPSA) is 35.5 Å². The average molecular weight is 278 g/mol. The number of methoxy groups -OCH3 is 1. The zero-order valence-electron chi connectivity index (χ0n) is 13.0. The number of rotatable bonds is 2. The van der Waals surface area contributed by atoms with E-state index in [1.165, 1.54) is 19.3 Å². The fourth-order valence-corrected chi connectivity index (χ4v) is 5.12. The van der Waals surface area contributed by atoms with Gasteiger partial charge in [0.1, 0.15) is 0 Å². The first-order valence-electron chi connectivity index (χ1n) is 7.84. The molecular weight excluding hydrogens is 252 g/mol. The molecule has 112 valence electrons. The minimum Gasteiger partial charge on any atom is -0.347 e. The second-order valence-corrected chi connectivity index (χ2v) is 7.15. The van der Waals surface area contributed by atoms with Crippen molar-refractivity contribution in [2.45, 2.75) is 45.8 Å². The van der Waals surface area contributed by atoms with Gasteiger partial charge in [-0.15, -0.1) is 0 Å². The molecule has 1 aliphatic heterocycles. The van der Waals surface area contributed by atoms with Crippen molar-refractivity contribution < 1.29 is 14.3 Å². The first kappa shape index (κ1) is 14.3. The number of ketones is 1. The maximum absolute atomic E-state index is 12.3. The molecule has 0 amide bonds. The van der Waals surface area contributed by atoms with Crippen molar-refractivity contribution in [3.8, 4) is 0 Å². The highest BCUT2D eigenvalue weighted by Gasteiger charge is 2.67. The third-order valence-electron chi connectivity index (χ3n) is 6.22. The molecule has 0 aromatic heterocycles. The van der Waals surface area contributed by atoms with Gasteiger partial charge in [0.25, 0.3) is 0 Å². The number of hydrogen-bond acceptors (Lipinski definition) is 3. The second-order valence-electron chi connectivity index (χ2n) is 7.15. The number of carbonyl (C=O) groups is 1. The van der Waals surface area contributed by atoms with Crippen LogP contribution in [0.1, 0.15) is 40.0 Å². The van der Waals surface area contributed by atoms with E-state index in [-0.39, 0.29) is 11.2 Å². The van der Waals surface area contributed by atoms with E-state index in [1.54, 1.807) is 14.0 Å². The van der Waals surface area contributed by atoms with Crippen molar-refractivity contribution in [3.63, 3.8) is 0 Å². The Bertz CT molecular complexity index is 444. The molecule has 3 aliphatic rings. The molecule has 2 fully saturated rings. The molecule has 0 N–H and O–H groups in total. The minimum atomic E-state index is -1.05. The van der Waals surface area contributed by atoms with Gasteiger partial charge in [0.05, 0.1) is 6.61 Å². The van der Waals surface area contributed by atoms with Crippen LogP contribution in [0.4, 0.5) is 0 Å². The summed E-state index contributed by atoms with van der Waals surface area (Å²) in [6, 6.07) is 0. The van der Waals surface area contributed by atoms with E-state index in [0.717, 1.165) is 5.92 Å². The Labute approximate surface area is 121 Å². The van der Waals surface area contributed by atoms with Crippen molar-refractivity contribution in [1.29, 1.82) is 0 Å². The lowest BCUT2D eigenvalue weighted by Crippen LogP contribution is -2.59. The van der Waals surface area contributed by atoms with E-state index >= 15 is 0 Å². The van der Waals surface area contributed by atoms with Crippen LogP contribution < -0.4 is 0 Å². The Morgan fingerprint density at radius 2 is 2.10 bits per heavy atom. The van der Waals surface area contributed by atoms with Gasteiger partial charge in [-0.05, 0) is 30.6 Å². The number of Topliss-reactive ketones (excluding diaryl/α,β-unsaturated/α-hetero) is 1. The van der Waals surface area contributed by atoms with Gasteiger partial charge >= 0.3 is 0 Å². The summed E-state index contributed by atoms with van der Waals surface area (Å²) >= 11 is 0. The summed E-state index contributed by atoms with van der Waals surface area (Å²) in [6.45, 7) is 6.75. The van der Waals surface area contributed by atoms with E-state index in [2.05, 4.69) is 26.0 Å². The van der Waals surface area contributed by atoms with Crippen molar-refractivity contribution in [2.75, 3.05) is 13.7 Å². The van der Waals surface area contributed by atoms with Gasteiger partial charge in [-0.3, -0.25) is 4.79 Å². The molecule has 3 nitrogen and oxygen atoms in total. The van der Waals surface area contributed by atoms with Gasteiger partial charge < -0.3 is 9.47 Å². The van der Waals surface area contributed by atoms with Gasteiger partial charge in [0.15, 0.2) is 5.78 Å². The molecular formula is C17H26O3. The molecule has 0 aromatic carbocycles. The van der Waals surface area contributed by atoms with E-state index in [1.807, 2.05) is 0 Å². The summed E-state index contributed by atoms with van der Waals surface area (Å²) in [5.74, 6) is 1.08. The molecule has 0 radical (unpaired) electrons. The zero-order chi connectivity index (χ0) is 14.5. The molecule has 3 heteroatoms. The van der Waals surface area contributed by atoms with Crippen LogP contribution in [-0.2, 0) is 14.3 Å². The molecule has 20 heavy (non-hydrogen) atoms. The summed E-state index contributed by atoms with van der Waals surface area (Å²) in [4.78, 5) is 12.3. The van der Waals surface area contributed by atoms with E-state index in [0.29, 0.717) is 24.4 Å². The monoisotopic (exact) mass is 278 g/mol. The van der Waals surface area contributed by atoms with Crippen LogP contribution in [0.3, 0.4) is 0 Å². The van der Waals surface area contributed by atoms with Crippen molar-refractivity contribution in [2.24, 2.45) is 29.1 Å². The molecule has 0 bridgehead atoms. The largest absolute Gasteiger partial charge is 0.347 e. The number of hydrogen-bond donors (Lipinski definition) is 0. The highest BCUT2D eigenvalue weighted by molar-refractivity contribution is 5.85. The Morgan fingerprint density at radius 3 is 2.75 bits per heavy atom. The lowest BCUT2D eigenvalue weighted by atomic mass is 9.53. The van der Waals surface area contributed by atoms with E-state index < -0.39 is 5.79 Å². The standard InChI is InChI=1S/C17H26O3/c1-11-5-8-15-13(9-11)6-7-14-10-20-17(19-4,12(2)18)16(14,15)3/h6-7,11,13-15H,5,8-10H2,1-4H3/t11-,13-,14+,15-,16-,17+/m0/s1. The van der Waals surface area contributed by atoms with Crippen LogP contribution in [0, 0.1) is 29.1 Å². The number of allylic oxidation sites excluding steroid dienone is 1. The predicted molar refractivity (Wildman–Crippen MR) is 77.1 cm³/mol. The van der Waals surface area contributed by atoms with Crippen LogP contribution >= 0.6 is 0 Å². The Kier molecular flexibility index (Phi) is 3.33. The molecule has 1 saturated carbocycles.